The van der Waals surface area contributed by atoms with E-state index in [1.165, 1.54) is 9.75 Å². The van der Waals surface area contributed by atoms with E-state index in [4.69, 9.17) is 0 Å². The fourth-order valence-corrected chi connectivity index (χ4v) is 2.83. The first kappa shape index (κ1) is 10.3. The Morgan fingerprint density at radius 3 is 2.82 bits per heavy atom. The molecule has 17 heavy (non-hydrogen) atoms. The summed E-state index contributed by atoms with van der Waals surface area (Å²) in [5.41, 5.74) is 2.90. The molecule has 0 N–H and O–H groups in total. The highest BCUT2D eigenvalue weighted by molar-refractivity contribution is 7.15. The molecule has 0 saturated heterocycles. The zero-order valence-electron chi connectivity index (χ0n) is 9.38. The molecule has 0 spiro atoms. The van der Waals surface area contributed by atoms with Gasteiger partial charge in [-0.2, -0.15) is 0 Å². The van der Waals surface area contributed by atoms with Crippen molar-refractivity contribution in [2.45, 2.75) is 6.92 Å². The Labute approximate surface area is 103 Å². The van der Waals surface area contributed by atoms with Crippen molar-refractivity contribution < 1.29 is 4.79 Å². The molecule has 2 nitrogen and oxygen atoms in total. The lowest BCUT2D eigenvalue weighted by atomic mass is 10.2. The van der Waals surface area contributed by atoms with E-state index in [2.05, 4.69) is 25.1 Å². The Hall–Kier alpha value is -1.87. The molecule has 0 saturated carbocycles. The van der Waals surface area contributed by atoms with Gasteiger partial charge in [0.05, 0.1) is 5.69 Å². The molecule has 3 rings (SSSR count). The van der Waals surface area contributed by atoms with E-state index in [1.807, 2.05) is 28.8 Å². The summed E-state index contributed by atoms with van der Waals surface area (Å²) in [7, 11) is 0. The van der Waals surface area contributed by atoms with Crippen molar-refractivity contribution in [1.82, 2.24) is 4.40 Å². The molecule has 0 aliphatic heterocycles. The van der Waals surface area contributed by atoms with Crippen molar-refractivity contribution in [2.75, 3.05) is 0 Å². The molecule has 0 atom stereocenters. The molecular formula is C14H11NOS. The van der Waals surface area contributed by atoms with Crippen molar-refractivity contribution in [1.29, 1.82) is 0 Å². The minimum atomic E-state index is 0.682. The van der Waals surface area contributed by atoms with Gasteiger partial charge in [-0.3, -0.25) is 4.79 Å². The lowest BCUT2D eigenvalue weighted by Gasteiger charge is -1.96. The van der Waals surface area contributed by atoms with Gasteiger partial charge in [0.15, 0.2) is 6.29 Å². The third-order valence-electron chi connectivity index (χ3n) is 2.81. The molecule has 0 fully saturated rings. The van der Waals surface area contributed by atoms with E-state index in [-0.39, 0.29) is 0 Å². The monoisotopic (exact) mass is 241 g/mol. The van der Waals surface area contributed by atoms with Crippen LogP contribution in [-0.2, 0) is 0 Å². The van der Waals surface area contributed by atoms with Crippen LogP contribution in [-0.4, -0.2) is 10.7 Å². The number of fused-ring (bicyclic) bond motifs is 1. The van der Waals surface area contributed by atoms with Crippen LogP contribution in [0.4, 0.5) is 0 Å². The zero-order valence-corrected chi connectivity index (χ0v) is 10.2. The van der Waals surface area contributed by atoms with Gasteiger partial charge in [-0.05, 0) is 37.3 Å². The number of hydrogen-bond acceptors (Lipinski definition) is 2. The average molecular weight is 241 g/mol. The fraction of sp³-hybridized carbons (Fsp3) is 0.0714. The summed E-state index contributed by atoms with van der Waals surface area (Å²) in [5, 5.41) is 0. The van der Waals surface area contributed by atoms with E-state index in [0.29, 0.717) is 5.69 Å². The normalized spacial score (nSPS) is 10.9. The predicted molar refractivity (Wildman–Crippen MR) is 70.8 cm³/mol. The molecule has 3 heterocycles. The molecule has 3 aromatic heterocycles. The number of carbonyl (C=O) groups excluding carboxylic acids is 1. The van der Waals surface area contributed by atoms with E-state index in [0.717, 1.165) is 17.4 Å². The average Bonchev–Trinajstić information content (AvgIpc) is 2.93. The number of carbonyl (C=O) groups is 1. The van der Waals surface area contributed by atoms with Gasteiger partial charge < -0.3 is 4.40 Å². The van der Waals surface area contributed by atoms with Crippen LogP contribution in [0.5, 0.6) is 0 Å². The second kappa shape index (κ2) is 3.86. The summed E-state index contributed by atoms with van der Waals surface area (Å²) in [6.45, 7) is 2.10. The van der Waals surface area contributed by atoms with E-state index in [9.17, 15) is 4.79 Å². The minimum absolute atomic E-state index is 0.682. The molecule has 0 aliphatic rings. The number of aryl methyl sites for hydroxylation is 1. The summed E-state index contributed by atoms with van der Waals surface area (Å²) in [6.07, 6.45) is 2.90. The predicted octanol–water partition coefficient (Wildman–Crippen LogP) is 3.79. The standard InChI is InChI=1S/C14H11NOS/c1-10-5-6-14(17-10)11-7-12-3-2-4-13(9-16)15(12)8-11/h2-9H,1H3. The maximum atomic E-state index is 11.0. The van der Waals surface area contributed by atoms with Crippen molar-refractivity contribution in [3.63, 3.8) is 0 Å². The number of hydrogen-bond donors (Lipinski definition) is 0. The Kier molecular flexibility index (Phi) is 2.34. The van der Waals surface area contributed by atoms with Crippen LogP contribution >= 0.6 is 11.3 Å². The Bertz CT molecular complexity index is 693. The van der Waals surface area contributed by atoms with Gasteiger partial charge in [0.25, 0.3) is 0 Å². The van der Waals surface area contributed by atoms with Crippen LogP contribution in [0.25, 0.3) is 16.0 Å². The first-order valence-corrected chi connectivity index (χ1v) is 6.23. The topological polar surface area (TPSA) is 21.5 Å². The Morgan fingerprint density at radius 2 is 2.12 bits per heavy atom. The molecule has 0 radical (unpaired) electrons. The van der Waals surface area contributed by atoms with Gasteiger partial charge in [-0.25, -0.2) is 0 Å². The highest BCUT2D eigenvalue weighted by Crippen LogP contribution is 2.29. The molecule has 0 bridgehead atoms. The third kappa shape index (κ3) is 1.68. The zero-order chi connectivity index (χ0) is 11.8. The quantitative estimate of drug-likeness (QED) is 0.625. The van der Waals surface area contributed by atoms with Gasteiger partial charge in [-0.15, -0.1) is 11.3 Å². The van der Waals surface area contributed by atoms with Gasteiger partial charge in [0.2, 0.25) is 0 Å². The fourth-order valence-electron chi connectivity index (χ4n) is 1.98. The maximum Gasteiger partial charge on any atom is 0.166 e. The smallest absolute Gasteiger partial charge is 0.166 e. The van der Waals surface area contributed by atoms with E-state index >= 15 is 0 Å². The van der Waals surface area contributed by atoms with Gasteiger partial charge in [0, 0.05) is 27.0 Å². The molecule has 0 aromatic carbocycles. The van der Waals surface area contributed by atoms with Crippen molar-refractivity contribution in [2.24, 2.45) is 0 Å². The van der Waals surface area contributed by atoms with Crippen LogP contribution in [0.15, 0.2) is 42.6 Å². The van der Waals surface area contributed by atoms with Gasteiger partial charge in [0.1, 0.15) is 0 Å². The number of rotatable bonds is 2. The summed E-state index contributed by atoms with van der Waals surface area (Å²) in [6, 6.07) is 12.1. The number of aromatic nitrogens is 1. The highest BCUT2D eigenvalue weighted by atomic mass is 32.1. The molecule has 84 valence electrons. The summed E-state index contributed by atoms with van der Waals surface area (Å²) >= 11 is 1.77. The molecule has 0 aliphatic carbocycles. The van der Waals surface area contributed by atoms with Crippen LogP contribution in [0.1, 0.15) is 15.4 Å². The second-order valence-electron chi connectivity index (χ2n) is 4.00. The van der Waals surface area contributed by atoms with Crippen molar-refractivity contribution >= 4 is 23.1 Å². The molecule has 3 aromatic rings. The van der Waals surface area contributed by atoms with Gasteiger partial charge in [-0.1, -0.05) is 6.07 Å². The van der Waals surface area contributed by atoms with Gasteiger partial charge >= 0.3 is 0 Å². The van der Waals surface area contributed by atoms with E-state index in [1.54, 1.807) is 11.3 Å². The lowest BCUT2D eigenvalue weighted by molar-refractivity contribution is 0.111. The summed E-state index contributed by atoms with van der Waals surface area (Å²) < 4.78 is 1.93. The number of nitrogens with zero attached hydrogens (tertiary/aromatic N) is 1. The number of aldehydes is 1. The van der Waals surface area contributed by atoms with Crippen LogP contribution in [0.3, 0.4) is 0 Å². The lowest BCUT2D eigenvalue weighted by Crippen LogP contribution is -1.91. The largest absolute Gasteiger partial charge is 0.314 e. The maximum absolute atomic E-state index is 11.0. The van der Waals surface area contributed by atoms with Crippen molar-refractivity contribution in [3.05, 3.63) is 53.2 Å². The molecule has 0 amide bonds. The Balaban J connectivity index is 2.23. The SMILES string of the molecule is Cc1ccc(-c2cc3cccc(C=O)n3c2)s1. The summed E-state index contributed by atoms with van der Waals surface area (Å²) in [5.74, 6) is 0. The van der Waals surface area contributed by atoms with Crippen LogP contribution in [0, 0.1) is 6.92 Å². The van der Waals surface area contributed by atoms with Crippen LogP contribution < -0.4 is 0 Å². The Morgan fingerprint density at radius 1 is 1.24 bits per heavy atom. The molecule has 0 unspecified atom stereocenters. The first-order chi connectivity index (χ1) is 8.28. The number of thiophene rings is 1. The third-order valence-corrected chi connectivity index (χ3v) is 3.86. The van der Waals surface area contributed by atoms with Crippen LogP contribution in [0.2, 0.25) is 0 Å². The molecular weight excluding hydrogens is 230 g/mol. The number of pyridine rings is 1. The minimum Gasteiger partial charge on any atom is -0.314 e. The second-order valence-corrected chi connectivity index (χ2v) is 5.29. The van der Waals surface area contributed by atoms with Crippen molar-refractivity contribution in [3.8, 4) is 10.4 Å². The highest BCUT2D eigenvalue weighted by Gasteiger charge is 2.06. The molecule has 3 heteroatoms. The summed E-state index contributed by atoms with van der Waals surface area (Å²) in [4.78, 5) is 13.5. The van der Waals surface area contributed by atoms with E-state index < -0.39 is 0 Å². The first-order valence-electron chi connectivity index (χ1n) is 5.41.